The monoisotopic (exact) mass is 385 g/mol. The van der Waals surface area contributed by atoms with Crippen LogP contribution in [-0.4, -0.2) is 58.0 Å². The van der Waals surface area contributed by atoms with E-state index in [1.54, 1.807) is 17.0 Å². The van der Waals surface area contributed by atoms with Crippen LogP contribution in [0.25, 0.3) is 11.0 Å². The van der Waals surface area contributed by atoms with Crippen LogP contribution < -0.4 is 5.32 Å². The minimum absolute atomic E-state index is 0.202. The summed E-state index contributed by atoms with van der Waals surface area (Å²) in [6.07, 6.45) is 2.91. The summed E-state index contributed by atoms with van der Waals surface area (Å²) in [4.78, 5) is 28.3. The molecule has 4 rings (SSSR count). The number of hydrogen-bond acceptors (Lipinski definition) is 7. The third-order valence-electron chi connectivity index (χ3n) is 5.21. The summed E-state index contributed by atoms with van der Waals surface area (Å²) in [6, 6.07) is 8.07. The van der Waals surface area contributed by atoms with E-state index in [2.05, 4.69) is 10.5 Å². The van der Waals surface area contributed by atoms with Gasteiger partial charge in [-0.05, 0) is 25.0 Å². The number of nitrogens with zero attached hydrogens (tertiary/aromatic N) is 2. The number of likely N-dealkylation sites (tertiary alicyclic amines) is 1. The van der Waals surface area contributed by atoms with Crippen LogP contribution >= 0.6 is 12.2 Å². The van der Waals surface area contributed by atoms with Crippen LogP contribution in [0.4, 0.5) is 0 Å². The van der Waals surface area contributed by atoms with Gasteiger partial charge in [0.2, 0.25) is 11.7 Å². The lowest BCUT2D eigenvalue weighted by Crippen LogP contribution is -2.50. The number of ketones is 1. The van der Waals surface area contributed by atoms with Gasteiger partial charge in [-0.15, -0.1) is 0 Å². The standard InChI is InChI=1S/C19H19N3O4S/c23-18(14-8-11-4-1-2-6-13(11)26-14)16-15(27)10-20-17(16)19(24)22-7-3-5-12(22)9-21-25/h1-2,4,6,8-9,12,16-17,20,25H,3,5,7,10H2/t12-,16?,17-/m0/s1. The van der Waals surface area contributed by atoms with Crippen molar-refractivity contribution in [2.45, 2.75) is 24.9 Å². The van der Waals surface area contributed by atoms with Crippen molar-refractivity contribution in [2.75, 3.05) is 13.1 Å². The molecule has 2 saturated heterocycles. The second-order valence-corrected chi connectivity index (χ2v) is 7.35. The van der Waals surface area contributed by atoms with E-state index in [4.69, 9.17) is 21.8 Å². The number of thiocarbonyl (C=S) groups is 1. The number of para-hydroxylation sites is 1. The summed E-state index contributed by atoms with van der Waals surface area (Å²) in [5.74, 6) is -1.03. The Hall–Kier alpha value is -2.58. The third kappa shape index (κ3) is 3.15. The molecule has 1 amide bonds. The van der Waals surface area contributed by atoms with Crippen LogP contribution in [0, 0.1) is 5.92 Å². The van der Waals surface area contributed by atoms with Crippen LogP contribution in [0.1, 0.15) is 23.4 Å². The van der Waals surface area contributed by atoms with Crippen LogP contribution in [0.3, 0.4) is 0 Å². The lowest BCUT2D eigenvalue weighted by atomic mass is 9.92. The van der Waals surface area contributed by atoms with Crippen molar-refractivity contribution >= 4 is 46.0 Å². The normalized spacial score (nSPS) is 25.7. The molecule has 1 aromatic carbocycles. The highest BCUT2D eigenvalue weighted by Crippen LogP contribution is 2.27. The first-order valence-electron chi connectivity index (χ1n) is 8.87. The molecule has 0 bridgehead atoms. The van der Waals surface area contributed by atoms with Crippen LogP contribution in [0.2, 0.25) is 0 Å². The molecule has 0 radical (unpaired) electrons. The van der Waals surface area contributed by atoms with Gasteiger partial charge in [0, 0.05) is 23.3 Å². The number of furan rings is 1. The van der Waals surface area contributed by atoms with E-state index < -0.39 is 12.0 Å². The van der Waals surface area contributed by atoms with Gasteiger partial charge >= 0.3 is 0 Å². The molecule has 0 aliphatic carbocycles. The molecule has 2 N–H and O–H groups in total. The van der Waals surface area contributed by atoms with E-state index >= 15 is 0 Å². The van der Waals surface area contributed by atoms with E-state index in [9.17, 15) is 9.59 Å². The quantitative estimate of drug-likeness (QED) is 0.275. The zero-order valence-corrected chi connectivity index (χ0v) is 15.3. The van der Waals surface area contributed by atoms with Crippen molar-refractivity contribution in [3.8, 4) is 0 Å². The fraction of sp³-hybridized carbons (Fsp3) is 0.368. The van der Waals surface area contributed by atoms with Gasteiger partial charge in [-0.25, -0.2) is 0 Å². The Balaban J connectivity index is 1.61. The number of oxime groups is 1. The fourth-order valence-electron chi connectivity index (χ4n) is 3.88. The Morgan fingerprint density at radius 1 is 1.37 bits per heavy atom. The Kier molecular flexibility index (Phi) is 4.75. The van der Waals surface area contributed by atoms with Gasteiger partial charge < -0.3 is 19.8 Å². The van der Waals surface area contributed by atoms with E-state index in [0.29, 0.717) is 23.5 Å². The Labute approximate surface area is 161 Å². The SMILES string of the molecule is O=C(c1cc2ccccc2o1)C1C(=S)CN[C@@H]1C(=O)N1CCC[C@H]1C=NO. The number of hydrogen-bond donors (Lipinski definition) is 2. The molecular weight excluding hydrogens is 366 g/mol. The lowest BCUT2D eigenvalue weighted by molar-refractivity contribution is -0.133. The van der Waals surface area contributed by atoms with Gasteiger partial charge in [0.15, 0.2) is 5.76 Å². The zero-order valence-electron chi connectivity index (χ0n) is 14.5. The second kappa shape index (κ2) is 7.21. The summed E-state index contributed by atoms with van der Waals surface area (Å²) in [6.45, 7) is 0.890. The number of fused-ring (bicyclic) bond motifs is 1. The molecule has 3 heterocycles. The van der Waals surface area contributed by atoms with Crippen molar-refractivity contribution < 1.29 is 19.2 Å². The predicted molar refractivity (Wildman–Crippen MR) is 103 cm³/mol. The van der Waals surface area contributed by atoms with Gasteiger partial charge in [-0.1, -0.05) is 35.6 Å². The van der Waals surface area contributed by atoms with E-state index in [0.717, 1.165) is 18.2 Å². The highest BCUT2D eigenvalue weighted by molar-refractivity contribution is 7.80. The number of benzene rings is 1. The number of Topliss-reactive ketones (excluding diaryl/α,β-unsaturated/α-hetero) is 1. The van der Waals surface area contributed by atoms with Crippen LogP contribution in [0.5, 0.6) is 0 Å². The predicted octanol–water partition coefficient (Wildman–Crippen LogP) is 2.02. The number of nitrogens with one attached hydrogen (secondary N) is 1. The summed E-state index contributed by atoms with van der Waals surface area (Å²) in [5.41, 5.74) is 0.624. The average molecular weight is 385 g/mol. The maximum atomic E-state index is 13.1. The van der Waals surface area contributed by atoms with Crippen molar-refractivity contribution in [2.24, 2.45) is 11.1 Å². The third-order valence-corrected chi connectivity index (χ3v) is 5.61. The molecule has 8 heteroatoms. The zero-order chi connectivity index (χ0) is 19.0. The Morgan fingerprint density at radius 2 is 2.19 bits per heavy atom. The number of carbonyl (C=O) groups excluding carboxylic acids is 2. The molecule has 2 fully saturated rings. The Morgan fingerprint density at radius 3 is 2.96 bits per heavy atom. The minimum Gasteiger partial charge on any atom is -0.453 e. The molecular formula is C19H19N3O4S. The maximum absolute atomic E-state index is 13.1. The van der Waals surface area contributed by atoms with Gasteiger partial charge in [0.1, 0.15) is 11.6 Å². The van der Waals surface area contributed by atoms with E-state index in [1.165, 1.54) is 6.21 Å². The molecule has 0 spiro atoms. The lowest BCUT2D eigenvalue weighted by Gasteiger charge is -2.27. The topological polar surface area (TPSA) is 95.1 Å². The second-order valence-electron chi connectivity index (χ2n) is 6.82. The van der Waals surface area contributed by atoms with Gasteiger partial charge in [-0.3, -0.25) is 9.59 Å². The molecule has 27 heavy (non-hydrogen) atoms. The molecule has 1 aromatic heterocycles. The van der Waals surface area contributed by atoms with Crippen LogP contribution in [0.15, 0.2) is 39.9 Å². The number of rotatable bonds is 4. The van der Waals surface area contributed by atoms with Gasteiger partial charge in [0.25, 0.3) is 0 Å². The average Bonchev–Trinajstić information content (AvgIpc) is 3.38. The maximum Gasteiger partial charge on any atom is 0.241 e. The molecule has 2 aliphatic heterocycles. The molecule has 3 atom stereocenters. The molecule has 140 valence electrons. The molecule has 0 saturated carbocycles. The summed E-state index contributed by atoms with van der Waals surface area (Å²) >= 11 is 5.39. The van der Waals surface area contributed by atoms with Crippen molar-refractivity contribution in [1.82, 2.24) is 10.2 Å². The largest absolute Gasteiger partial charge is 0.453 e. The first-order valence-corrected chi connectivity index (χ1v) is 9.28. The molecule has 7 nitrogen and oxygen atoms in total. The minimum atomic E-state index is -0.750. The summed E-state index contributed by atoms with van der Waals surface area (Å²) in [5, 5.41) is 15.8. The van der Waals surface area contributed by atoms with Crippen molar-refractivity contribution in [3.63, 3.8) is 0 Å². The summed E-state index contributed by atoms with van der Waals surface area (Å²) < 4.78 is 5.69. The highest BCUT2D eigenvalue weighted by atomic mass is 32.1. The molecule has 2 aliphatic rings. The van der Waals surface area contributed by atoms with Gasteiger partial charge in [0.05, 0.1) is 18.2 Å². The van der Waals surface area contributed by atoms with E-state index in [-0.39, 0.29) is 23.5 Å². The number of amides is 1. The fourth-order valence-corrected chi connectivity index (χ4v) is 4.21. The molecule has 1 unspecified atom stereocenters. The highest BCUT2D eigenvalue weighted by Gasteiger charge is 2.45. The van der Waals surface area contributed by atoms with Crippen molar-refractivity contribution in [1.29, 1.82) is 0 Å². The number of carbonyl (C=O) groups is 2. The Bertz CT molecular complexity index is 905. The first kappa shape index (κ1) is 17.8. The smallest absolute Gasteiger partial charge is 0.241 e. The molecule has 2 aromatic rings. The van der Waals surface area contributed by atoms with E-state index in [1.807, 2.05) is 18.2 Å². The summed E-state index contributed by atoms with van der Waals surface area (Å²) in [7, 11) is 0. The van der Waals surface area contributed by atoms with Crippen LogP contribution in [-0.2, 0) is 4.79 Å². The van der Waals surface area contributed by atoms with Crippen molar-refractivity contribution in [3.05, 3.63) is 36.1 Å². The van der Waals surface area contributed by atoms with Gasteiger partial charge in [-0.2, -0.15) is 0 Å². The first-order chi connectivity index (χ1) is 13.1.